The van der Waals surface area contributed by atoms with Crippen molar-refractivity contribution in [2.24, 2.45) is 5.92 Å². The average molecular weight is 396 g/mol. The molecule has 0 aliphatic carbocycles. The molecule has 5 heterocycles. The second-order valence-corrected chi connectivity index (χ2v) is 8.75. The number of benzene rings is 1. The summed E-state index contributed by atoms with van der Waals surface area (Å²) >= 11 is 1.62. The van der Waals surface area contributed by atoms with Crippen LogP contribution in [0.2, 0.25) is 0 Å². The molecule has 0 radical (unpaired) electrons. The Morgan fingerprint density at radius 1 is 1.32 bits per heavy atom. The van der Waals surface area contributed by atoms with E-state index in [1.54, 1.807) is 11.3 Å². The van der Waals surface area contributed by atoms with E-state index < -0.39 is 0 Å². The molecule has 1 aromatic carbocycles. The first-order chi connectivity index (χ1) is 13.7. The molecule has 3 fully saturated rings. The van der Waals surface area contributed by atoms with Crippen LogP contribution in [0.4, 0.5) is 0 Å². The minimum Gasteiger partial charge on any atom is -0.346 e. The van der Waals surface area contributed by atoms with Gasteiger partial charge in [-0.05, 0) is 50.4 Å². The summed E-state index contributed by atoms with van der Waals surface area (Å²) in [5.41, 5.74) is 2.63. The summed E-state index contributed by atoms with van der Waals surface area (Å²) in [6.45, 7) is 6.24. The summed E-state index contributed by atoms with van der Waals surface area (Å²) in [4.78, 5) is 20.0. The van der Waals surface area contributed by atoms with Gasteiger partial charge in [0.25, 0.3) is 5.91 Å². The zero-order valence-electron chi connectivity index (χ0n) is 16.1. The minimum absolute atomic E-state index is 0.0411. The number of aryl methyl sites for hydroxylation is 1. The number of rotatable bonds is 5. The topological polar surface area (TPSA) is 63.1 Å². The Hall–Kier alpha value is -2.25. The first-order valence-electron chi connectivity index (χ1n) is 10.2. The predicted octanol–water partition coefficient (Wildman–Crippen LogP) is 3.39. The summed E-state index contributed by atoms with van der Waals surface area (Å²) < 4.78 is 1.97. The van der Waals surface area contributed by atoms with Crippen molar-refractivity contribution in [1.29, 1.82) is 0 Å². The number of aromatic nitrogens is 3. The number of nitrogens with one attached hydrogen (secondary N) is 1. The van der Waals surface area contributed by atoms with Crippen molar-refractivity contribution in [3.8, 4) is 10.6 Å². The molecule has 1 amide bonds. The maximum absolute atomic E-state index is 13.1. The van der Waals surface area contributed by atoms with Gasteiger partial charge in [0.05, 0.1) is 5.52 Å². The third-order valence-electron chi connectivity index (χ3n) is 6.05. The number of nitrogens with zero attached hydrogens (tertiary/aromatic N) is 4. The van der Waals surface area contributed by atoms with Crippen molar-refractivity contribution >= 4 is 28.1 Å². The van der Waals surface area contributed by atoms with Gasteiger partial charge < -0.3 is 10.2 Å². The van der Waals surface area contributed by atoms with Crippen molar-refractivity contribution in [3.63, 3.8) is 0 Å². The first kappa shape index (κ1) is 17.8. The minimum atomic E-state index is -0.0411. The van der Waals surface area contributed by atoms with E-state index in [0.29, 0.717) is 11.6 Å². The zero-order chi connectivity index (χ0) is 19.1. The van der Waals surface area contributed by atoms with Gasteiger partial charge in [-0.2, -0.15) is 5.10 Å². The number of piperidine rings is 3. The second-order valence-electron chi connectivity index (χ2n) is 7.86. The fourth-order valence-corrected chi connectivity index (χ4v) is 5.22. The Kier molecular flexibility index (Phi) is 4.64. The molecule has 28 heavy (non-hydrogen) atoms. The smallest absolute Gasteiger partial charge is 0.272 e. The predicted molar refractivity (Wildman–Crippen MR) is 112 cm³/mol. The summed E-state index contributed by atoms with van der Waals surface area (Å²) in [5.74, 6) is 0.565. The third kappa shape index (κ3) is 3.12. The van der Waals surface area contributed by atoms with E-state index >= 15 is 0 Å². The van der Waals surface area contributed by atoms with Gasteiger partial charge in [-0.15, -0.1) is 11.3 Å². The van der Waals surface area contributed by atoms with Crippen molar-refractivity contribution < 1.29 is 4.79 Å². The van der Waals surface area contributed by atoms with Crippen LogP contribution < -0.4 is 5.32 Å². The number of thiazole rings is 1. The van der Waals surface area contributed by atoms with Gasteiger partial charge >= 0.3 is 0 Å². The summed E-state index contributed by atoms with van der Waals surface area (Å²) in [5, 5.41) is 11.9. The van der Waals surface area contributed by atoms with Gasteiger partial charge in [0.15, 0.2) is 5.69 Å². The van der Waals surface area contributed by atoms with Gasteiger partial charge in [-0.3, -0.25) is 9.48 Å². The molecule has 2 bridgehead atoms. The lowest BCUT2D eigenvalue weighted by atomic mass is 9.84. The number of carbonyl (C=O) groups is 1. The summed E-state index contributed by atoms with van der Waals surface area (Å²) in [6, 6.07) is 6.43. The molecule has 3 aliphatic heterocycles. The quantitative estimate of drug-likeness (QED) is 0.719. The molecule has 3 saturated heterocycles. The second kappa shape index (κ2) is 7.29. The van der Waals surface area contributed by atoms with Crippen molar-refractivity contribution in [2.45, 2.75) is 38.8 Å². The van der Waals surface area contributed by atoms with Crippen LogP contribution in [0.3, 0.4) is 0 Å². The number of fused-ring (bicyclic) bond motifs is 4. The highest BCUT2D eigenvalue weighted by Gasteiger charge is 2.35. The van der Waals surface area contributed by atoms with Gasteiger partial charge in [0.2, 0.25) is 0 Å². The lowest BCUT2D eigenvalue weighted by molar-refractivity contribution is 0.0618. The molecule has 1 N–H and O–H groups in total. The number of carbonyl (C=O) groups excluding carboxylic acids is 1. The molecule has 2 aromatic heterocycles. The fourth-order valence-electron chi connectivity index (χ4n) is 4.59. The van der Waals surface area contributed by atoms with Crippen LogP contribution in [0.25, 0.3) is 21.5 Å². The molecule has 3 aromatic rings. The Labute approximate surface area is 168 Å². The molecule has 0 saturated carbocycles. The van der Waals surface area contributed by atoms with Crippen LogP contribution in [-0.2, 0) is 6.54 Å². The van der Waals surface area contributed by atoms with Crippen LogP contribution >= 0.6 is 11.3 Å². The Morgan fingerprint density at radius 3 is 2.86 bits per heavy atom. The molecular weight excluding hydrogens is 370 g/mol. The maximum atomic E-state index is 13.1. The first-order valence-corrected chi connectivity index (χ1v) is 11.0. The molecule has 7 heteroatoms. The van der Waals surface area contributed by atoms with E-state index in [4.69, 9.17) is 5.10 Å². The van der Waals surface area contributed by atoms with Crippen molar-refractivity contribution in [2.75, 3.05) is 19.6 Å². The molecule has 1 atom stereocenters. The van der Waals surface area contributed by atoms with E-state index in [-0.39, 0.29) is 11.9 Å². The van der Waals surface area contributed by atoms with Crippen molar-refractivity contribution in [1.82, 2.24) is 25.0 Å². The zero-order valence-corrected chi connectivity index (χ0v) is 16.9. The van der Waals surface area contributed by atoms with Gasteiger partial charge in [-0.25, -0.2) is 4.98 Å². The number of amides is 1. The van der Waals surface area contributed by atoms with Crippen LogP contribution in [-0.4, -0.2) is 51.2 Å². The standard InChI is InChI=1S/C21H25N5OS/c1-2-8-26-18-12-15(21-22-7-11-28-21)3-4-16(18)19(24-26)20(27)23-17-13-25-9-5-14(17)6-10-25/h3-4,7,11-12,14,17H,2,5-6,8-10,13H2,1H3,(H,23,27)/t17-/m1/s1. The third-order valence-corrected chi connectivity index (χ3v) is 6.88. The van der Waals surface area contributed by atoms with E-state index in [9.17, 15) is 4.79 Å². The lowest BCUT2D eigenvalue weighted by Crippen LogP contribution is -2.57. The number of hydrogen-bond acceptors (Lipinski definition) is 5. The number of hydrogen-bond donors (Lipinski definition) is 1. The maximum Gasteiger partial charge on any atom is 0.272 e. The molecule has 146 valence electrons. The molecule has 6 rings (SSSR count). The SMILES string of the molecule is CCCn1nc(C(=O)N[C@@H]2CN3CCC2CC3)c2ccc(-c3nccs3)cc21. The summed E-state index contributed by atoms with van der Waals surface area (Å²) in [6.07, 6.45) is 5.17. The fraction of sp³-hybridized carbons (Fsp3) is 0.476. The van der Waals surface area contributed by atoms with Crippen LogP contribution in [0.5, 0.6) is 0 Å². The van der Waals surface area contributed by atoms with Crippen LogP contribution in [0.15, 0.2) is 29.8 Å². The van der Waals surface area contributed by atoms with Gasteiger partial charge in [0.1, 0.15) is 5.01 Å². The van der Waals surface area contributed by atoms with E-state index in [1.807, 2.05) is 28.4 Å². The monoisotopic (exact) mass is 395 g/mol. The van der Waals surface area contributed by atoms with Gasteiger partial charge in [-0.1, -0.05) is 13.0 Å². The molecule has 3 aliphatic rings. The van der Waals surface area contributed by atoms with E-state index in [0.717, 1.165) is 41.0 Å². The normalized spacial score (nSPS) is 24.0. The highest BCUT2D eigenvalue weighted by atomic mass is 32.1. The molecule has 0 unspecified atom stereocenters. The highest BCUT2D eigenvalue weighted by Crippen LogP contribution is 2.30. The molecular formula is C21H25N5OS. The Balaban J connectivity index is 1.47. The van der Waals surface area contributed by atoms with Crippen LogP contribution in [0, 0.1) is 5.92 Å². The Bertz CT molecular complexity index is 988. The Morgan fingerprint density at radius 2 is 2.18 bits per heavy atom. The highest BCUT2D eigenvalue weighted by molar-refractivity contribution is 7.13. The van der Waals surface area contributed by atoms with Gasteiger partial charge in [0, 0.05) is 41.7 Å². The molecule has 6 nitrogen and oxygen atoms in total. The van der Waals surface area contributed by atoms with E-state index in [1.165, 1.54) is 25.9 Å². The summed E-state index contributed by atoms with van der Waals surface area (Å²) in [7, 11) is 0. The molecule has 0 spiro atoms. The average Bonchev–Trinajstić information content (AvgIpc) is 3.37. The van der Waals surface area contributed by atoms with E-state index in [2.05, 4.69) is 28.2 Å². The lowest BCUT2D eigenvalue weighted by Gasteiger charge is -2.44. The van der Waals surface area contributed by atoms with Crippen LogP contribution in [0.1, 0.15) is 36.7 Å². The van der Waals surface area contributed by atoms with Crippen molar-refractivity contribution in [3.05, 3.63) is 35.5 Å². The largest absolute Gasteiger partial charge is 0.346 e.